The monoisotopic (exact) mass is 590 g/mol. The molecule has 0 N–H and O–H groups in total. The van der Waals surface area contributed by atoms with Gasteiger partial charge in [0.2, 0.25) is 0 Å². The summed E-state index contributed by atoms with van der Waals surface area (Å²) in [6.07, 6.45) is 0. The van der Waals surface area contributed by atoms with Gasteiger partial charge in [-0.05, 0) is 69.8 Å². The van der Waals surface area contributed by atoms with Crippen LogP contribution in [0, 0.1) is 0 Å². The molecule has 1 aliphatic rings. The first-order chi connectivity index (χ1) is 22.5. The molecule has 0 aliphatic heterocycles. The van der Waals surface area contributed by atoms with Gasteiger partial charge in [-0.1, -0.05) is 123 Å². The Hall–Kier alpha value is -5.80. The summed E-state index contributed by atoms with van der Waals surface area (Å²) in [4.78, 5) is 10.0. The summed E-state index contributed by atoms with van der Waals surface area (Å²) < 4.78 is 6.31. The molecule has 6 aromatic carbocycles. The van der Waals surface area contributed by atoms with Crippen molar-refractivity contribution in [3.05, 3.63) is 157 Å². The molecule has 0 radical (unpaired) electrons. The summed E-state index contributed by atoms with van der Waals surface area (Å²) in [5, 5.41) is 2.35. The second-order valence-electron chi connectivity index (χ2n) is 12.7. The molecule has 9 rings (SSSR count). The van der Waals surface area contributed by atoms with Crippen LogP contribution in [0.3, 0.4) is 0 Å². The SMILES string of the molecule is CC1(C)c2ccc(-c3cccc(-c4cc(-c5ccccc5)nc(-c5ccccc5)n4)c3)cc2-c2cc3oc4ccccc4c3cc21. The third-order valence-corrected chi connectivity index (χ3v) is 9.49. The molecule has 46 heavy (non-hydrogen) atoms. The third kappa shape index (κ3) is 4.20. The molecule has 218 valence electrons. The lowest BCUT2D eigenvalue weighted by Gasteiger charge is -2.21. The van der Waals surface area contributed by atoms with E-state index in [0.29, 0.717) is 0 Å². The Morgan fingerprint density at radius 1 is 0.435 bits per heavy atom. The normalized spacial score (nSPS) is 13.2. The lowest BCUT2D eigenvalue weighted by Crippen LogP contribution is -2.14. The molecule has 0 atom stereocenters. The molecular formula is C43H30N2O. The fourth-order valence-corrected chi connectivity index (χ4v) is 7.07. The smallest absolute Gasteiger partial charge is 0.160 e. The zero-order valence-electron chi connectivity index (χ0n) is 25.7. The van der Waals surface area contributed by atoms with Gasteiger partial charge in [0.15, 0.2) is 5.82 Å². The molecule has 1 aliphatic carbocycles. The van der Waals surface area contributed by atoms with Gasteiger partial charge >= 0.3 is 0 Å². The Kier molecular flexibility index (Phi) is 5.85. The minimum absolute atomic E-state index is 0.111. The lowest BCUT2D eigenvalue weighted by molar-refractivity contribution is 0.658. The van der Waals surface area contributed by atoms with Gasteiger partial charge in [-0.3, -0.25) is 0 Å². The van der Waals surface area contributed by atoms with Crippen molar-refractivity contribution in [2.45, 2.75) is 19.3 Å². The summed E-state index contributed by atoms with van der Waals surface area (Å²) in [6, 6.07) is 51.1. The van der Waals surface area contributed by atoms with E-state index in [1.165, 1.54) is 38.6 Å². The Labute approximate surface area is 267 Å². The van der Waals surface area contributed by atoms with E-state index in [0.717, 1.165) is 50.6 Å². The van der Waals surface area contributed by atoms with Gasteiger partial charge < -0.3 is 4.42 Å². The van der Waals surface area contributed by atoms with E-state index in [2.05, 4.69) is 111 Å². The van der Waals surface area contributed by atoms with Crippen molar-refractivity contribution in [3.63, 3.8) is 0 Å². The van der Waals surface area contributed by atoms with Crippen molar-refractivity contribution in [1.29, 1.82) is 0 Å². The second-order valence-corrected chi connectivity index (χ2v) is 12.7. The first-order valence-electron chi connectivity index (χ1n) is 15.7. The van der Waals surface area contributed by atoms with Crippen LogP contribution in [0.1, 0.15) is 25.0 Å². The van der Waals surface area contributed by atoms with Crippen molar-refractivity contribution in [1.82, 2.24) is 9.97 Å². The zero-order chi connectivity index (χ0) is 30.8. The van der Waals surface area contributed by atoms with E-state index in [-0.39, 0.29) is 5.41 Å². The fraction of sp³-hybridized carbons (Fsp3) is 0.0698. The molecular weight excluding hydrogens is 560 g/mol. The summed E-state index contributed by atoms with van der Waals surface area (Å²) in [6.45, 7) is 4.66. The third-order valence-electron chi connectivity index (χ3n) is 9.49. The molecule has 0 amide bonds. The average Bonchev–Trinajstić information content (AvgIpc) is 3.59. The Morgan fingerprint density at radius 3 is 1.87 bits per heavy atom. The number of nitrogens with zero attached hydrogens (tertiary/aromatic N) is 2. The van der Waals surface area contributed by atoms with Crippen LogP contribution >= 0.6 is 0 Å². The predicted octanol–water partition coefficient (Wildman–Crippen LogP) is 11.4. The number of aromatic nitrogens is 2. The van der Waals surface area contributed by atoms with E-state index in [1.807, 2.05) is 48.5 Å². The van der Waals surface area contributed by atoms with E-state index in [9.17, 15) is 0 Å². The Bertz CT molecular complexity index is 2380. The van der Waals surface area contributed by atoms with Gasteiger partial charge in [-0.25, -0.2) is 9.97 Å². The molecule has 0 spiro atoms. The number of fused-ring (bicyclic) bond motifs is 6. The van der Waals surface area contributed by atoms with Gasteiger partial charge in [0, 0.05) is 32.9 Å². The van der Waals surface area contributed by atoms with E-state index in [1.54, 1.807) is 0 Å². The largest absolute Gasteiger partial charge is 0.456 e. The van der Waals surface area contributed by atoms with Crippen molar-refractivity contribution < 1.29 is 4.42 Å². The summed E-state index contributed by atoms with van der Waals surface area (Å²) in [7, 11) is 0. The number of hydrogen-bond donors (Lipinski definition) is 0. The lowest BCUT2D eigenvalue weighted by atomic mass is 9.81. The topological polar surface area (TPSA) is 38.9 Å². The molecule has 0 saturated heterocycles. The molecule has 3 nitrogen and oxygen atoms in total. The van der Waals surface area contributed by atoms with E-state index >= 15 is 0 Å². The molecule has 8 aromatic rings. The van der Waals surface area contributed by atoms with Gasteiger partial charge in [0.1, 0.15) is 11.2 Å². The van der Waals surface area contributed by atoms with Crippen LogP contribution < -0.4 is 0 Å². The molecule has 0 bridgehead atoms. The number of hydrogen-bond acceptors (Lipinski definition) is 3. The van der Waals surface area contributed by atoms with Crippen molar-refractivity contribution >= 4 is 21.9 Å². The zero-order valence-corrected chi connectivity index (χ0v) is 25.7. The number of para-hydroxylation sites is 1. The highest BCUT2D eigenvalue weighted by Gasteiger charge is 2.36. The van der Waals surface area contributed by atoms with Crippen molar-refractivity contribution in [2.75, 3.05) is 0 Å². The summed E-state index contributed by atoms with van der Waals surface area (Å²) in [5.41, 5.74) is 14.2. The maximum absolute atomic E-state index is 6.31. The van der Waals surface area contributed by atoms with Crippen LogP contribution in [0.4, 0.5) is 0 Å². The maximum Gasteiger partial charge on any atom is 0.160 e. The molecule has 0 unspecified atom stereocenters. The van der Waals surface area contributed by atoms with Crippen molar-refractivity contribution in [3.8, 4) is 56.2 Å². The quantitative estimate of drug-likeness (QED) is 0.205. The standard InChI is InChI=1S/C43H30N2O/c1-43(2)36-21-20-30(23-33(36)34-25-41-35(24-37(34)43)32-18-9-10-19-40(32)46-41)29-16-11-17-31(22-29)39-26-38(27-12-5-3-6-13-27)44-42(45-39)28-14-7-4-8-15-28/h3-26H,1-2H3. The summed E-state index contributed by atoms with van der Waals surface area (Å²) >= 11 is 0. The minimum atomic E-state index is -0.111. The molecule has 2 heterocycles. The second kappa shape index (κ2) is 10.1. The Balaban J connectivity index is 1.16. The van der Waals surface area contributed by atoms with Crippen LogP contribution in [-0.2, 0) is 5.41 Å². The van der Waals surface area contributed by atoms with Crippen LogP contribution in [0.25, 0.3) is 78.1 Å². The molecule has 0 fully saturated rings. The van der Waals surface area contributed by atoms with Crippen LogP contribution in [0.15, 0.2) is 150 Å². The van der Waals surface area contributed by atoms with Gasteiger partial charge in [0.05, 0.1) is 11.4 Å². The van der Waals surface area contributed by atoms with Crippen LogP contribution in [-0.4, -0.2) is 9.97 Å². The number of furan rings is 1. The first-order valence-corrected chi connectivity index (χ1v) is 15.7. The summed E-state index contributed by atoms with van der Waals surface area (Å²) in [5.74, 6) is 0.718. The number of benzene rings is 6. The average molecular weight is 591 g/mol. The van der Waals surface area contributed by atoms with Crippen LogP contribution in [0.2, 0.25) is 0 Å². The fourth-order valence-electron chi connectivity index (χ4n) is 7.07. The van der Waals surface area contributed by atoms with E-state index in [4.69, 9.17) is 14.4 Å². The number of rotatable bonds is 4. The van der Waals surface area contributed by atoms with E-state index < -0.39 is 0 Å². The minimum Gasteiger partial charge on any atom is -0.456 e. The van der Waals surface area contributed by atoms with Crippen LogP contribution in [0.5, 0.6) is 0 Å². The molecule has 3 heteroatoms. The van der Waals surface area contributed by atoms with Gasteiger partial charge in [-0.15, -0.1) is 0 Å². The maximum atomic E-state index is 6.31. The highest BCUT2D eigenvalue weighted by molar-refractivity contribution is 6.07. The highest BCUT2D eigenvalue weighted by atomic mass is 16.3. The first kappa shape index (κ1) is 26.6. The molecule has 0 saturated carbocycles. The Morgan fingerprint density at radius 2 is 1.07 bits per heavy atom. The van der Waals surface area contributed by atoms with Gasteiger partial charge in [0.25, 0.3) is 0 Å². The molecule has 2 aromatic heterocycles. The predicted molar refractivity (Wildman–Crippen MR) is 189 cm³/mol. The van der Waals surface area contributed by atoms with Crippen molar-refractivity contribution in [2.24, 2.45) is 0 Å². The van der Waals surface area contributed by atoms with Gasteiger partial charge in [-0.2, -0.15) is 0 Å². The highest BCUT2D eigenvalue weighted by Crippen LogP contribution is 2.51.